The van der Waals surface area contributed by atoms with Gasteiger partial charge in [0, 0.05) is 0 Å². The van der Waals surface area contributed by atoms with Gasteiger partial charge in [-0.2, -0.15) is 0 Å². The van der Waals surface area contributed by atoms with Crippen LogP contribution >= 0.6 is 19.8 Å². The highest BCUT2D eigenvalue weighted by atomic mass is 32.1. The molecule has 0 aromatic rings. The first kappa shape index (κ1) is 7.04. The van der Waals surface area contributed by atoms with Crippen LogP contribution in [-0.4, -0.2) is 4.73 Å². The van der Waals surface area contributed by atoms with Crippen molar-refractivity contribution >= 4 is 24.5 Å². The lowest BCUT2D eigenvalue weighted by Gasteiger charge is -2.26. The van der Waals surface area contributed by atoms with Crippen LogP contribution in [0.3, 0.4) is 0 Å². The van der Waals surface area contributed by atoms with Crippen LogP contribution < -0.4 is 15.5 Å². The maximum absolute atomic E-state index is 9.54. The molecule has 4 nitrogen and oxygen atoms in total. The summed E-state index contributed by atoms with van der Waals surface area (Å²) in [5, 5.41) is 0. The summed E-state index contributed by atoms with van der Waals surface area (Å²) < 4.78 is 8.56. The maximum Gasteiger partial charge on any atom is 0.104 e. The lowest BCUT2D eigenvalue weighted by Crippen LogP contribution is -2.25. The summed E-state index contributed by atoms with van der Waals surface area (Å²) in [5.74, 6) is 0. The van der Waals surface area contributed by atoms with Crippen LogP contribution in [0.1, 0.15) is 0 Å². The van der Waals surface area contributed by atoms with Gasteiger partial charge in [-0.3, -0.25) is 0 Å². The van der Waals surface area contributed by atoms with Gasteiger partial charge in [-0.05, 0) is 7.60 Å². The summed E-state index contributed by atoms with van der Waals surface area (Å²) in [6.45, 7) is 0. The Morgan fingerprint density at radius 1 is 1.71 bits per heavy atom. The van der Waals surface area contributed by atoms with Gasteiger partial charge >= 0.3 is 0 Å². The van der Waals surface area contributed by atoms with E-state index in [4.69, 9.17) is 0 Å². The fraction of sp³-hybridized carbons (Fsp3) is 0. The molecule has 7 heavy (non-hydrogen) atoms. The quantitative estimate of drug-likeness (QED) is 0.340. The van der Waals surface area contributed by atoms with Crippen LogP contribution in [0.2, 0.25) is 0 Å². The second-order valence-electron chi connectivity index (χ2n) is 0.836. The van der Waals surface area contributed by atoms with Crippen molar-refractivity contribution in [2.45, 2.75) is 0 Å². The zero-order valence-electron chi connectivity index (χ0n) is 3.16. The second-order valence-corrected chi connectivity index (χ2v) is 3.05. The first-order valence-electron chi connectivity index (χ1n) is 1.26. The molecule has 0 bridgehead atoms. The zero-order valence-corrected chi connectivity index (χ0v) is 4.87. The van der Waals surface area contributed by atoms with Gasteiger partial charge in [0.1, 0.15) is 4.73 Å². The molecule has 0 spiro atoms. The van der Waals surface area contributed by atoms with Crippen molar-refractivity contribution in [1.82, 2.24) is 0 Å². The van der Waals surface area contributed by atoms with Gasteiger partial charge in [0.2, 0.25) is 0 Å². The maximum atomic E-state index is 9.54. The van der Waals surface area contributed by atoms with Crippen LogP contribution in [-0.2, 0) is 4.57 Å². The van der Waals surface area contributed by atoms with Crippen molar-refractivity contribution in [3.05, 3.63) is 0 Å². The minimum Gasteiger partial charge on any atom is -0.806 e. The highest BCUT2D eigenvalue weighted by Gasteiger charge is 1.89. The Bertz CT molecular complexity index is 127. The molecule has 0 aliphatic carbocycles. The highest BCUT2D eigenvalue weighted by molar-refractivity contribution is 7.96. The predicted octanol–water partition coefficient (Wildman–Crippen LogP) is -1.86. The molecule has 0 atom stereocenters. The van der Waals surface area contributed by atoms with Crippen molar-refractivity contribution in [1.29, 1.82) is 0 Å². The van der Waals surface area contributed by atoms with Gasteiger partial charge in [0.25, 0.3) is 0 Å². The molecule has 0 heterocycles. The summed E-state index contributed by atoms with van der Waals surface area (Å²) in [6.07, 6.45) is 0. The highest BCUT2D eigenvalue weighted by Crippen LogP contribution is 2.21. The van der Waals surface area contributed by atoms with Crippen LogP contribution in [0.25, 0.3) is 0 Å². The number of hydrogen-bond acceptors (Lipinski definition) is 4. The Hall–Kier alpha value is 0.0400. The summed E-state index contributed by atoms with van der Waals surface area (Å²) in [6, 6.07) is 0. The molecule has 0 aromatic carbocycles. The van der Waals surface area contributed by atoms with E-state index < -0.39 is 12.3 Å². The molecular weight excluding hydrogens is 137 g/mol. The molecule has 0 saturated heterocycles. The van der Waals surface area contributed by atoms with Crippen LogP contribution in [0.4, 0.5) is 0 Å². The topological polar surface area (TPSA) is 89.2 Å². The van der Waals surface area contributed by atoms with E-state index in [0.717, 1.165) is 0 Å². The van der Waals surface area contributed by atoms with Gasteiger partial charge in [0.05, 0.1) is 0 Å². The van der Waals surface area contributed by atoms with Crippen LogP contribution in [0.15, 0.2) is 0 Å². The molecular formula is CH2NO3PS-2. The predicted molar refractivity (Wildman–Crippen MR) is 24.4 cm³/mol. The minimum absolute atomic E-state index is 0.979. The van der Waals surface area contributed by atoms with Gasteiger partial charge < -0.3 is 20.1 Å². The monoisotopic (exact) mass is 139 g/mol. The molecule has 0 saturated carbocycles. The molecule has 0 aliphatic heterocycles. The first-order valence-corrected chi connectivity index (χ1v) is 3.22. The lowest BCUT2D eigenvalue weighted by molar-refractivity contribution is -0.305. The Kier molecular flexibility index (Phi) is 1.89. The Balaban J connectivity index is 4.09. The molecule has 0 unspecified atom stereocenters. The van der Waals surface area contributed by atoms with Crippen molar-refractivity contribution in [2.24, 2.45) is 5.73 Å². The average Bonchev–Trinajstić information content (AvgIpc) is 1.31. The standard InChI is InChI=1S/CH4NO3PS/c2-1(7)6(3,4)5/h(H2,2,7)(H2,3,4,5)/p-2. The molecule has 0 aromatic heterocycles. The number of rotatable bonds is 1. The molecule has 0 radical (unpaired) electrons. The average molecular weight is 139 g/mol. The summed E-state index contributed by atoms with van der Waals surface area (Å²) in [5.41, 5.74) is 4.41. The van der Waals surface area contributed by atoms with Gasteiger partial charge in [-0.15, -0.1) is 0 Å². The fourth-order valence-corrected chi connectivity index (χ4v) is 0. The van der Waals surface area contributed by atoms with Crippen LogP contribution in [0.5, 0.6) is 0 Å². The largest absolute Gasteiger partial charge is 0.806 e. The van der Waals surface area contributed by atoms with E-state index in [1.165, 1.54) is 0 Å². The third kappa shape index (κ3) is 2.70. The van der Waals surface area contributed by atoms with Crippen molar-refractivity contribution in [2.75, 3.05) is 0 Å². The van der Waals surface area contributed by atoms with Crippen molar-refractivity contribution < 1.29 is 14.4 Å². The third-order valence-electron chi connectivity index (χ3n) is 0.270. The molecule has 2 N–H and O–H groups in total. The minimum atomic E-state index is -4.73. The van der Waals surface area contributed by atoms with Gasteiger partial charge in [-0.25, -0.2) is 0 Å². The fourth-order valence-electron chi connectivity index (χ4n) is 0. The number of thiocarbonyl (C=S) groups is 1. The zero-order chi connectivity index (χ0) is 6.08. The van der Waals surface area contributed by atoms with E-state index in [1.807, 2.05) is 0 Å². The smallest absolute Gasteiger partial charge is 0.104 e. The summed E-state index contributed by atoms with van der Waals surface area (Å²) >= 11 is 3.82. The molecule has 0 fully saturated rings. The van der Waals surface area contributed by atoms with Crippen LogP contribution in [0, 0.1) is 0 Å². The van der Waals surface area contributed by atoms with E-state index in [0.29, 0.717) is 0 Å². The van der Waals surface area contributed by atoms with Gasteiger partial charge in [-0.1, -0.05) is 12.2 Å². The normalized spacial score (nSPS) is 11.1. The Morgan fingerprint density at radius 2 is 1.86 bits per heavy atom. The van der Waals surface area contributed by atoms with E-state index in [-0.39, 0.29) is 0 Å². The molecule has 6 heteroatoms. The van der Waals surface area contributed by atoms with Crippen molar-refractivity contribution in [3.8, 4) is 0 Å². The molecule has 0 aliphatic rings. The molecule has 0 rings (SSSR count). The summed E-state index contributed by atoms with van der Waals surface area (Å²) in [4.78, 5) is 19.1. The van der Waals surface area contributed by atoms with E-state index in [2.05, 4.69) is 18.0 Å². The van der Waals surface area contributed by atoms with E-state index >= 15 is 0 Å². The number of nitrogens with two attached hydrogens (primary N) is 1. The van der Waals surface area contributed by atoms with Crippen molar-refractivity contribution in [3.63, 3.8) is 0 Å². The summed E-state index contributed by atoms with van der Waals surface area (Å²) in [7, 11) is -4.73. The molecule has 42 valence electrons. The first-order chi connectivity index (χ1) is 2.94. The van der Waals surface area contributed by atoms with E-state index in [1.54, 1.807) is 0 Å². The SMILES string of the molecule is NC(=S)P(=O)([O-])[O-]. The van der Waals surface area contributed by atoms with E-state index in [9.17, 15) is 14.4 Å². The lowest BCUT2D eigenvalue weighted by atomic mass is 11.5. The van der Waals surface area contributed by atoms with Gasteiger partial charge in [0.15, 0.2) is 0 Å². The Morgan fingerprint density at radius 3 is 1.86 bits per heavy atom. The number of hydrogen-bond donors (Lipinski definition) is 1. The second kappa shape index (κ2) is 1.88. The Labute approximate surface area is 45.5 Å². The molecule has 0 amide bonds. The third-order valence-corrected chi connectivity index (χ3v) is 1.48.